The molecule has 1 unspecified atom stereocenters. The average molecular weight is 282 g/mol. The maximum Gasteiger partial charge on any atom is 0.311 e. The van der Waals surface area contributed by atoms with Crippen LogP contribution in [0.5, 0.6) is 0 Å². The van der Waals surface area contributed by atoms with Gasteiger partial charge >= 0.3 is 5.97 Å². The fraction of sp³-hybridized carbons (Fsp3) is 0.714. The van der Waals surface area contributed by atoms with Gasteiger partial charge in [-0.15, -0.1) is 11.3 Å². The van der Waals surface area contributed by atoms with Crippen LogP contribution in [0.4, 0.5) is 5.13 Å². The van der Waals surface area contributed by atoms with Gasteiger partial charge in [0.1, 0.15) is 0 Å². The van der Waals surface area contributed by atoms with Gasteiger partial charge in [-0.2, -0.15) is 0 Å². The predicted molar refractivity (Wildman–Crippen MR) is 77.5 cm³/mol. The van der Waals surface area contributed by atoms with Crippen molar-refractivity contribution >= 4 is 22.4 Å². The highest BCUT2D eigenvalue weighted by Crippen LogP contribution is 2.28. The summed E-state index contributed by atoms with van der Waals surface area (Å²) in [6.45, 7) is 2.23. The highest BCUT2D eigenvalue weighted by atomic mass is 32.1. The van der Waals surface area contributed by atoms with Crippen molar-refractivity contribution < 1.29 is 9.53 Å². The second-order valence-corrected chi connectivity index (χ2v) is 6.09. The van der Waals surface area contributed by atoms with E-state index in [0.717, 1.165) is 16.7 Å². The Morgan fingerprint density at radius 3 is 2.95 bits per heavy atom. The van der Waals surface area contributed by atoms with E-state index in [4.69, 9.17) is 0 Å². The van der Waals surface area contributed by atoms with Gasteiger partial charge in [-0.3, -0.25) is 4.79 Å². The standard InChI is InChI=1S/C14H22N2O2S/c1-10(11-6-4-3-5-7-11)15-14-16-12(9-19-14)8-13(17)18-2/h9-11H,3-8H2,1-2H3,(H,15,16). The van der Waals surface area contributed by atoms with Gasteiger partial charge in [0.05, 0.1) is 19.2 Å². The Morgan fingerprint density at radius 1 is 1.53 bits per heavy atom. The Bertz CT molecular complexity index is 413. The lowest BCUT2D eigenvalue weighted by atomic mass is 9.85. The molecule has 1 saturated carbocycles. The molecular weight excluding hydrogens is 260 g/mol. The van der Waals surface area contributed by atoms with Crippen molar-refractivity contribution in [2.24, 2.45) is 5.92 Å². The predicted octanol–water partition coefficient (Wildman–Crippen LogP) is 3.24. The van der Waals surface area contributed by atoms with Crippen LogP contribution in [0.1, 0.15) is 44.7 Å². The van der Waals surface area contributed by atoms with E-state index in [9.17, 15) is 4.79 Å². The number of hydrogen-bond acceptors (Lipinski definition) is 5. The van der Waals surface area contributed by atoms with E-state index in [2.05, 4.69) is 22.0 Å². The molecule has 1 aromatic heterocycles. The molecule has 0 aliphatic heterocycles. The number of nitrogens with zero attached hydrogens (tertiary/aromatic N) is 1. The second-order valence-electron chi connectivity index (χ2n) is 5.23. The monoisotopic (exact) mass is 282 g/mol. The maximum absolute atomic E-state index is 11.2. The summed E-state index contributed by atoms with van der Waals surface area (Å²) in [6, 6.07) is 0.456. The van der Waals surface area contributed by atoms with Gasteiger partial charge in [-0.1, -0.05) is 19.3 Å². The number of carbonyl (C=O) groups is 1. The summed E-state index contributed by atoms with van der Waals surface area (Å²) < 4.78 is 4.64. The van der Waals surface area contributed by atoms with Crippen molar-refractivity contribution in [3.63, 3.8) is 0 Å². The first kappa shape index (κ1) is 14.3. The normalized spacial score (nSPS) is 18.0. The number of rotatable bonds is 5. The molecule has 1 atom stereocenters. The molecule has 5 heteroatoms. The Labute approximate surface area is 118 Å². The Balaban J connectivity index is 1.86. The van der Waals surface area contributed by atoms with Crippen LogP contribution in [0.2, 0.25) is 0 Å². The zero-order valence-electron chi connectivity index (χ0n) is 11.6. The van der Waals surface area contributed by atoms with Crippen LogP contribution in [0.25, 0.3) is 0 Å². The summed E-state index contributed by atoms with van der Waals surface area (Å²) in [5.41, 5.74) is 0.787. The minimum atomic E-state index is -0.239. The lowest BCUT2D eigenvalue weighted by Crippen LogP contribution is -2.27. The smallest absolute Gasteiger partial charge is 0.311 e. The minimum absolute atomic E-state index is 0.239. The van der Waals surface area contributed by atoms with Crippen molar-refractivity contribution in [1.82, 2.24) is 4.98 Å². The molecule has 19 heavy (non-hydrogen) atoms. The molecule has 0 radical (unpaired) electrons. The van der Waals surface area contributed by atoms with Gasteiger partial charge in [0.25, 0.3) is 0 Å². The first-order valence-electron chi connectivity index (χ1n) is 6.97. The third kappa shape index (κ3) is 4.20. The SMILES string of the molecule is COC(=O)Cc1csc(NC(C)C2CCCCC2)n1. The molecule has 2 rings (SSSR count). The zero-order chi connectivity index (χ0) is 13.7. The van der Waals surface area contributed by atoms with Crippen molar-refractivity contribution in [3.05, 3.63) is 11.1 Å². The highest BCUT2D eigenvalue weighted by Gasteiger charge is 2.20. The third-order valence-corrected chi connectivity index (χ3v) is 4.64. The molecule has 1 fully saturated rings. The molecule has 106 valence electrons. The number of aromatic nitrogens is 1. The quantitative estimate of drug-likeness (QED) is 0.842. The van der Waals surface area contributed by atoms with Crippen molar-refractivity contribution in [2.45, 2.75) is 51.5 Å². The molecule has 0 saturated heterocycles. The van der Waals surface area contributed by atoms with Crippen LogP contribution in [0.15, 0.2) is 5.38 Å². The number of ether oxygens (including phenoxy) is 1. The van der Waals surface area contributed by atoms with E-state index in [1.54, 1.807) is 11.3 Å². The van der Waals surface area contributed by atoms with Gasteiger partial charge in [0.2, 0.25) is 0 Å². The maximum atomic E-state index is 11.2. The third-order valence-electron chi connectivity index (χ3n) is 3.81. The van der Waals surface area contributed by atoms with Crippen LogP contribution in [0, 0.1) is 5.92 Å². The van der Waals surface area contributed by atoms with E-state index in [1.807, 2.05) is 5.38 Å². The molecule has 0 bridgehead atoms. The van der Waals surface area contributed by atoms with Gasteiger partial charge in [0.15, 0.2) is 5.13 Å². The van der Waals surface area contributed by atoms with Crippen LogP contribution in [-0.2, 0) is 16.0 Å². The molecular formula is C14H22N2O2S. The van der Waals surface area contributed by atoms with Crippen molar-refractivity contribution in [1.29, 1.82) is 0 Å². The molecule has 0 amide bonds. The molecule has 1 N–H and O–H groups in total. The second kappa shape index (κ2) is 6.89. The number of carbonyl (C=O) groups excluding carboxylic acids is 1. The van der Waals surface area contributed by atoms with Crippen LogP contribution in [-0.4, -0.2) is 24.1 Å². The topological polar surface area (TPSA) is 51.2 Å². The minimum Gasteiger partial charge on any atom is -0.469 e. The van der Waals surface area contributed by atoms with E-state index in [-0.39, 0.29) is 12.4 Å². The summed E-state index contributed by atoms with van der Waals surface area (Å²) in [5.74, 6) is 0.513. The Kier molecular flexibility index (Phi) is 5.19. The lowest BCUT2D eigenvalue weighted by molar-refractivity contribution is -0.139. The summed E-state index contributed by atoms with van der Waals surface area (Å²) in [5, 5.41) is 6.32. The van der Waals surface area contributed by atoms with Gasteiger partial charge in [-0.05, 0) is 25.7 Å². The number of anilines is 1. The molecule has 1 aliphatic rings. The number of methoxy groups -OCH3 is 1. The fourth-order valence-electron chi connectivity index (χ4n) is 2.62. The highest BCUT2D eigenvalue weighted by molar-refractivity contribution is 7.13. The number of hydrogen-bond donors (Lipinski definition) is 1. The van der Waals surface area contributed by atoms with Gasteiger partial charge in [0, 0.05) is 11.4 Å². The summed E-state index contributed by atoms with van der Waals surface area (Å²) in [4.78, 5) is 15.6. The summed E-state index contributed by atoms with van der Waals surface area (Å²) >= 11 is 1.56. The van der Waals surface area contributed by atoms with E-state index in [1.165, 1.54) is 39.2 Å². The molecule has 0 spiro atoms. The Hall–Kier alpha value is -1.10. The van der Waals surface area contributed by atoms with E-state index < -0.39 is 0 Å². The number of esters is 1. The number of nitrogens with one attached hydrogen (secondary N) is 1. The van der Waals surface area contributed by atoms with Crippen molar-refractivity contribution in [2.75, 3.05) is 12.4 Å². The van der Waals surface area contributed by atoms with Crippen LogP contribution in [0.3, 0.4) is 0 Å². The molecule has 1 aromatic rings. The lowest BCUT2D eigenvalue weighted by Gasteiger charge is -2.28. The Morgan fingerprint density at radius 2 is 2.26 bits per heavy atom. The molecule has 4 nitrogen and oxygen atoms in total. The summed E-state index contributed by atoms with van der Waals surface area (Å²) in [6.07, 6.45) is 6.96. The first-order chi connectivity index (χ1) is 9.19. The molecule has 0 aromatic carbocycles. The summed E-state index contributed by atoms with van der Waals surface area (Å²) in [7, 11) is 1.40. The van der Waals surface area contributed by atoms with Gasteiger partial charge in [-0.25, -0.2) is 4.98 Å². The zero-order valence-corrected chi connectivity index (χ0v) is 12.5. The van der Waals surface area contributed by atoms with Crippen LogP contribution >= 0.6 is 11.3 Å². The van der Waals surface area contributed by atoms with Crippen LogP contribution < -0.4 is 5.32 Å². The molecule has 1 heterocycles. The average Bonchev–Trinajstić information content (AvgIpc) is 2.86. The number of thiazole rings is 1. The van der Waals surface area contributed by atoms with Gasteiger partial charge < -0.3 is 10.1 Å². The first-order valence-corrected chi connectivity index (χ1v) is 7.84. The van der Waals surface area contributed by atoms with E-state index in [0.29, 0.717) is 6.04 Å². The fourth-order valence-corrected chi connectivity index (χ4v) is 3.43. The molecule has 1 aliphatic carbocycles. The van der Waals surface area contributed by atoms with E-state index >= 15 is 0 Å². The largest absolute Gasteiger partial charge is 0.469 e. The van der Waals surface area contributed by atoms with Crippen molar-refractivity contribution in [3.8, 4) is 0 Å².